The van der Waals surface area contributed by atoms with Crippen molar-refractivity contribution in [1.82, 2.24) is 20.2 Å². The lowest BCUT2D eigenvalue weighted by molar-refractivity contribution is 0.540. The van der Waals surface area contributed by atoms with Crippen LogP contribution in [-0.4, -0.2) is 31.2 Å². The van der Waals surface area contributed by atoms with Crippen molar-refractivity contribution < 1.29 is 0 Å². The van der Waals surface area contributed by atoms with Crippen LogP contribution in [0.15, 0.2) is 0 Å². The third-order valence-electron chi connectivity index (χ3n) is 2.32. The van der Waals surface area contributed by atoms with Crippen LogP contribution in [0.1, 0.15) is 31.0 Å². The zero-order chi connectivity index (χ0) is 9.97. The molecule has 1 fully saturated rings. The van der Waals surface area contributed by atoms with Gasteiger partial charge in [-0.15, -0.1) is 16.7 Å². The Morgan fingerprint density at radius 1 is 1.71 bits per heavy atom. The Labute approximate surface area is 92.4 Å². The van der Waals surface area contributed by atoms with Crippen molar-refractivity contribution in [2.75, 3.05) is 5.75 Å². The summed E-state index contributed by atoms with van der Waals surface area (Å²) < 4.78 is 1.83. The second-order valence-electron chi connectivity index (χ2n) is 3.47. The van der Waals surface area contributed by atoms with E-state index in [0.29, 0.717) is 5.25 Å². The molecule has 1 aromatic rings. The first-order valence-electron chi connectivity index (χ1n) is 4.79. The first-order valence-corrected chi connectivity index (χ1v) is 6.27. The van der Waals surface area contributed by atoms with Gasteiger partial charge < -0.3 is 0 Å². The lowest BCUT2D eigenvalue weighted by Gasteiger charge is -2.10. The van der Waals surface area contributed by atoms with Crippen molar-refractivity contribution in [3.8, 4) is 0 Å². The molecule has 0 N–H and O–H groups in total. The number of hydrogen-bond donors (Lipinski definition) is 0. The number of alkyl halides is 1. The lowest BCUT2D eigenvalue weighted by Crippen LogP contribution is -2.14. The molecule has 0 bridgehead atoms. The van der Waals surface area contributed by atoms with Crippen molar-refractivity contribution in [2.45, 2.75) is 36.9 Å². The minimum atomic E-state index is -0.114. The van der Waals surface area contributed by atoms with Crippen LogP contribution in [0, 0.1) is 0 Å². The van der Waals surface area contributed by atoms with Crippen molar-refractivity contribution in [3.05, 3.63) is 5.82 Å². The van der Waals surface area contributed by atoms with E-state index >= 15 is 0 Å². The highest BCUT2D eigenvalue weighted by atomic mass is 35.5. The minimum Gasteiger partial charge on any atom is -0.227 e. The molecule has 4 nitrogen and oxygen atoms in total. The van der Waals surface area contributed by atoms with Crippen LogP contribution in [0.4, 0.5) is 0 Å². The average Bonchev–Trinajstić information content (AvgIpc) is 2.75. The number of nitrogens with zero attached hydrogens (tertiary/aromatic N) is 4. The van der Waals surface area contributed by atoms with E-state index in [1.54, 1.807) is 0 Å². The summed E-state index contributed by atoms with van der Waals surface area (Å²) in [4.78, 5) is 0. The smallest absolute Gasteiger partial charge is 0.168 e. The molecular weight excluding hydrogens is 220 g/mol. The van der Waals surface area contributed by atoms with Gasteiger partial charge in [-0.1, -0.05) is 0 Å². The van der Waals surface area contributed by atoms with E-state index in [1.165, 1.54) is 18.6 Å². The first-order chi connectivity index (χ1) is 6.77. The molecule has 1 aliphatic rings. The molecule has 0 spiro atoms. The molecule has 2 atom stereocenters. The fraction of sp³-hybridized carbons (Fsp3) is 0.875. The maximum atomic E-state index is 5.96. The van der Waals surface area contributed by atoms with Crippen LogP contribution in [-0.2, 0) is 6.54 Å². The maximum Gasteiger partial charge on any atom is 0.168 e. The molecule has 0 saturated carbocycles. The van der Waals surface area contributed by atoms with E-state index in [4.69, 9.17) is 11.6 Å². The molecule has 1 aliphatic heterocycles. The van der Waals surface area contributed by atoms with Gasteiger partial charge in [-0.2, -0.15) is 11.8 Å². The monoisotopic (exact) mass is 232 g/mol. The number of rotatable bonds is 3. The maximum absolute atomic E-state index is 5.96. The highest BCUT2D eigenvalue weighted by molar-refractivity contribution is 8.00. The largest absolute Gasteiger partial charge is 0.227 e. The minimum absolute atomic E-state index is 0.114. The summed E-state index contributed by atoms with van der Waals surface area (Å²) in [5, 5.41) is 12.1. The summed E-state index contributed by atoms with van der Waals surface area (Å²) in [6.07, 6.45) is 2.57. The molecule has 1 saturated heterocycles. The second kappa shape index (κ2) is 4.49. The molecule has 0 aromatic carbocycles. The van der Waals surface area contributed by atoms with Gasteiger partial charge in [-0.05, 0) is 35.9 Å². The van der Waals surface area contributed by atoms with Gasteiger partial charge in [0.2, 0.25) is 0 Å². The summed E-state index contributed by atoms with van der Waals surface area (Å²) in [5.74, 6) is 2.04. The topological polar surface area (TPSA) is 43.6 Å². The van der Waals surface area contributed by atoms with E-state index < -0.39 is 0 Å². The Kier molecular flexibility index (Phi) is 3.28. The Morgan fingerprint density at radius 2 is 2.57 bits per heavy atom. The van der Waals surface area contributed by atoms with E-state index in [2.05, 4.69) is 15.5 Å². The molecule has 78 valence electrons. The third-order valence-corrected chi connectivity index (χ3v) is 3.89. The van der Waals surface area contributed by atoms with Gasteiger partial charge in [0.05, 0.1) is 11.9 Å². The summed E-state index contributed by atoms with van der Waals surface area (Å²) in [6.45, 7) is 2.79. The Balaban J connectivity index is 2.04. The predicted molar refractivity (Wildman–Crippen MR) is 57.6 cm³/mol. The van der Waals surface area contributed by atoms with E-state index in [0.717, 1.165) is 12.4 Å². The van der Waals surface area contributed by atoms with Gasteiger partial charge in [0.15, 0.2) is 5.82 Å². The van der Waals surface area contributed by atoms with E-state index in [1.807, 2.05) is 23.4 Å². The van der Waals surface area contributed by atoms with Gasteiger partial charge >= 0.3 is 0 Å². The van der Waals surface area contributed by atoms with Crippen LogP contribution in [0.3, 0.4) is 0 Å². The fourth-order valence-corrected chi connectivity index (χ4v) is 3.01. The van der Waals surface area contributed by atoms with Gasteiger partial charge in [0.25, 0.3) is 0 Å². The van der Waals surface area contributed by atoms with Crippen LogP contribution in [0.2, 0.25) is 0 Å². The number of halogens is 1. The molecule has 1 aromatic heterocycles. The SMILES string of the molecule is CC(Cl)c1nnnn1CC1CCCS1. The Hall–Kier alpha value is -0.290. The fourth-order valence-electron chi connectivity index (χ4n) is 1.61. The second-order valence-corrected chi connectivity index (χ2v) is 5.53. The molecule has 6 heteroatoms. The molecule has 0 amide bonds. The summed E-state index contributed by atoms with van der Waals surface area (Å²) in [7, 11) is 0. The Morgan fingerprint density at radius 3 is 3.21 bits per heavy atom. The lowest BCUT2D eigenvalue weighted by atomic mass is 10.2. The molecule has 2 unspecified atom stereocenters. The standard InChI is InChI=1S/C8H13ClN4S/c1-6(9)8-10-11-12-13(8)5-7-3-2-4-14-7/h6-7H,2-5H2,1H3. The number of aromatic nitrogens is 4. The molecule has 0 radical (unpaired) electrons. The first kappa shape index (κ1) is 10.2. The number of thioether (sulfide) groups is 1. The quantitative estimate of drug-likeness (QED) is 0.747. The highest BCUT2D eigenvalue weighted by Crippen LogP contribution is 2.28. The van der Waals surface area contributed by atoms with Crippen molar-refractivity contribution in [3.63, 3.8) is 0 Å². The van der Waals surface area contributed by atoms with Crippen LogP contribution in [0.5, 0.6) is 0 Å². The Bertz CT molecular complexity index is 295. The number of hydrogen-bond acceptors (Lipinski definition) is 4. The van der Waals surface area contributed by atoms with Gasteiger partial charge in [0.1, 0.15) is 0 Å². The van der Waals surface area contributed by atoms with E-state index in [9.17, 15) is 0 Å². The van der Waals surface area contributed by atoms with E-state index in [-0.39, 0.29) is 5.38 Å². The average molecular weight is 233 g/mol. The molecule has 2 heterocycles. The normalized spacial score (nSPS) is 24.0. The van der Waals surface area contributed by atoms with Gasteiger partial charge in [-0.3, -0.25) is 0 Å². The summed E-state index contributed by atoms with van der Waals surface area (Å²) in [6, 6.07) is 0. The van der Waals surface area contributed by atoms with Crippen molar-refractivity contribution >= 4 is 23.4 Å². The summed E-state index contributed by atoms with van der Waals surface area (Å²) in [5.41, 5.74) is 0. The molecular formula is C8H13ClN4S. The van der Waals surface area contributed by atoms with Gasteiger partial charge in [0, 0.05) is 5.25 Å². The van der Waals surface area contributed by atoms with Crippen LogP contribution in [0.25, 0.3) is 0 Å². The highest BCUT2D eigenvalue weighted by Gasteiger charge is 2.19. The van der Waals surface area contributed by atoms with Crippen LogP contribution >= 0.6 is 23.4 Å². The molecule has 2 rings (SSSR count). The summed E-state index contributed by atoms with van der Waals surface area (Å²) >= 11 is 7.97. The van der Waals surface area contributed by atoms with Crippen molar-refractivity contribution in [2.24, 2.45) is 0 Å². The molecule has 0 aliphatic carbocycles. The predicted octanol–water partition coefficient (Wildman–Crippen LogP) is 1.87. The number of tetrazole rings is 1. The zero-order valence-electron chi connectivity index (χ0n) is 8.06. The molecule has 14 heavy (non-hydrogen) atoms. The van der Waals surface area contributed by atoms with Gasteiger partial charge in [-0.25, -0.2) is 4.68 Å². The third kappa shape index (κ3) is 2.20. The zero-order valence-corrected chi connectivity index (χ0v) is 9.63. The van der Waals surface area contributed by atoms with Crippen molar-refractivity contribution in [1.29, 1.82) is 0 Å². The van der Waals surface area contributed by atoms with Crippen LogP contribution < -0.4 is 0 Å².